The highest BCUT2D eigenvalue weighted by atomic mass is 79.9. The molecule has 0 unspecified atom stereocenters. The van der Waals surface area contributed by atoms with Gasteiger partial charge in [0.15, 0.2) is 0 Å². The second-order valence-electron chi connectivity index (χ2n) is 21.7. The number of amides is 2. The van der Waals surface area contributed by atoms with Gasteiger partial charge in [-0.3, -0.25) is 9.78 Å². The number of hydrogen-bond donors (Lipinski definition) is 3. The molecule has 16 nitrogen and oxygen atoms in total. The molecule has 0 radical (unpaired) electrons. The molecule has 0 saturated carbocycles. The van der Waals surface area contributed by atoms with Crippen LogP contribution in [0, 0.1) is 0 Å². The van der Waals surface area contributed by atoms with Gasteiger partial charge in [-0.15, -0.1) is 0 Å². The average molecular weight is 1220 g/mol. The van der Waals surface area contributed by atoms with Crippen molar-refractivity contribution in [2.75, 3.05) is 46.6 Å². The third-order valence-electron chi connectivity index (χ3n) is 10.9. The highest BCUT2D eigenvalue weighted by Gasteiger charge is 2.27. The second kappa shape index (κ2) is 29.7. The Hall–Kier alpha value is -4.38. The number of ether oxygens (including phenoxy) is 2. The van der Waals surface area contributed by atoms with Crippen molar-refractivity contribution in [2.45, 2.75) is 161 Å². The van der Waals surface area contributed by atoms with Crippen LogP contribution in [0.2, 0.25) is 10.0 Å². The van der Waals surface area contributed by atoms with Crippen LogP contribution >= 0.6 is 39.1 Å². The van der Waals surface area contributed by atoms with Crippen molar-refractivity contribution >= 4 is 71.4 Å². The summed E-state index contributed by atoms with van der Waals surface area (Å²) in [6, 6.07) is 10.1. The molecule has 0 fully saturated rings. The van der Waals surface area contributed by atoms with E-state index >= 15 is 0 Å². The lowest BCUT2D eigenvalue weighted by atomic mass is 9.94. The molecular weight excluding hydrogens is 1140 g/mol. The number of hydrogen-bond acceptors (Lipinski definition) is 10. The standard InChI is InChI=1S/C27H40ClFN4O4S.C18H26ClN3O2S.C9H15BrFNO2/c1-17(2)24-21(14-19-10-11-23(22(28)15-19)38(35,36)32(8)9)25(18(3)4)33(31-24)16-20(29)12-13-30-26(34)37-27(5,6)7;1-11(2)17-14(18(12(3)4)21-20-17)9-13-7-8-16(15(19)10-13)25(23,24)22(5)6;1-9(2,3)14-8(13)12-5-4-7(11)6-10/h10-12,15,17-18H,13-14,16H2,1-9H3,(H,30,34);7-8,10-12H,9H2,1-6H3,(H,20,21);4H,5-6H2,1-3H3,(H,12,13)/b20-12-;;7-4-. The number of H-pyrrole nitrogens is 1. The quantitative estimate of drug-likeness (QED) is 0.0759. The Morgan fingerprint density at radius 2 is 1.10 bits per heavy atom. The lowest BCUT2D eigenvalue weighted by Crippen LogP contribution is -2.32. The predicted molar refractivity (Wildman–Crippen MR) is 308 cm³/mol. The molecule has 0 aliphatic rings. The Bertz CT molecular complexity index is 2880. The maximum Gasteiger partial charge on any atom is 0.407 e. The molecule has 3 N–H and O–H groups in total. The van der Waals surface area contributed by atoms with Crippen LogP contribution in [0.1, 0.15) is 166 Å². The van der Waals surface area contributed by atoms with Gasteiger partial charge in [0, 0.05) is 76.6 Å². The fourth-order valence-electron chi connectivity index (χ4n) is 7.39. The van der Waals surface area contributed by atoms with Crippen molar-refractivity contribution in [3.63, 3.8) is 0 Å². The zero-order valence-electron chi connectivity index (χ0n) is 47.9. The van der Waals surface area contributed by atoms with Crippen LogP contribution in [0.25, 0.3) is 0 Å². The number of carbonyl (C=O) groups excluding carboxylic acids is 2. The summed E-state index contributed by atoms with van der Waals surface area (Å²) < 4.78 is 91.2. The van der Waals surface area contributed by atoms with E-state index in [2.05, 4.69) is 64.5 Å². The smallest absolute Gasteiger partial charge is 0.407 e. The highest BCUT2D eigenvalue weighted by Crippen LogP contribution is 2.34. The van der Waals surface area contributed by atoms with Crippen molar-refractivity contribution in [1.29, 1.82) is 0 Å². The van der Waals surface area contributed by atoms with Gasteiger partial charge in [0.1, 0.15) is 32.6 Å². The molecule has 2 aromatic heterocycles. The molecule has 0 spiro atoms. The van der Waals surface area contributed by atoms with Crippen LogP contribution in [0.15, 0.2) is 70.0 Å². The molecule has 0 saturated heterocycles. The van der Waals surface area contributed by atoms with Gasteiger partial charge in [-0.2, -0.15) is 10.2 Å². The van der Waals surface area contributed by atoms with Crippen LogP contribution in [0.3, 0.4) is 0 Å². The van der Waals surface area contributed by atoms with Crippen LogP contribution in [-0.2, 0) is 48.9 Å². The molecule has 4 rings (SSSR count). The molecule has 432 valence electrons. The average Bonchev–Trinajstić information content (AvgIpc) is 3.87. The van der Waals surface area contributed by atoms with Gasteiger partial charge >= 0.3 is 12.2 Å². The van der Waals surface area contributed by atoms with Crippen molar-refractivity contribution < 1.29 is 44.7 Å². The minimum absolute atomic E-state index is 0.0103. The Kier molecular flexibility index (Phi) is 26.5. The number of benzene rings is 2. The molecule has 2 heterocycles. The first-order chi connectivity index (χ1) is 35.3. The van der Waals surface area contributed by atoms with Crippen molar-refractivity contribution in [3.8, 4) is 0 Å². The van der Waals surface area contributed by atoms with Crippen LogP contribution in [0.4, 0.5) is 18.4 Å². The molecular formula is C54H81BrCl2F2N8O8S2. The first-order valence-electron chi connectivity index (χ1n) is 25.1. The summed E-state index contributed by atoms with van der Waals surface area (Å²) >= 11 is 15.6. The number of sulfonamides is 2. The summed E-state index contributed by atoms with van der Waals surface area (Å²) in [5.74, 6) is 0.00572. The molecule has 0 atom stereocenters. The number of aromatic nitrogens is 4. The van der Waals surface area contributed by atoms with Gasteiger partial charge in [-0.05, 0) is 113 Å². The summed E-state index contributed by atoms with van der Waals surface area (Å²) in [6.45, 7) is 27.2. The van der Waals surface area contributed by atoms with Gasteiger partial charge in [-0.25, -0.2) is 43.8 Å². The third-order valence-corrected chi connectivity index (χ3v) is 16.0. The van der Waals surface area contributed by atoms with E-state index in [0.29, 0.717) is 24.7 Å². The molecule has 2 amide bonds. The Morgan fingerprint density at radius 3 is 1.45 bits per heavy atom. The number of alkyl carbamates (subject to hydrolysis) is 2. The summed E-state index contributed by atoms with van der Waals surface area (Å²) in [5.41, 5.74) is 6.66. The van der Waals surface area contributed by atoms with E-state index in [-0.39, 0.29) is 62.5 Å². The summed E-state index contributed by atoms with van der Waals surface area (Å²) in [5, 5.41) is 17.9. The SMILES string of the molecule is CC(C)(C)OC(=O)NC/C=C(\F)CBr.CC(C)c1n[nH]c(C(C)C)c1Cc1ccc(S(=O)(=O)N(C)C)c(Cl)c1.CC(C)c1nn(C/C(F)=C/CNC(=O)OC(C)(C)C)c(C(C)C)c1Cc1ccc(S(=O)(=O)N(C)C)c(Cl)c1. The lowest BCUT2D eigenvalue weighted by molar-refractivity contribution is 0.0522. The van der Waals surface area contributed by atoms with E-state index in [1.54, 1.807) is 70.5 Å². The number of nitrogens with zero attached hydrogens (tertiary/aromatic N) is 5. The van der Waals surface area contributed by atoms with Gasteiger partial charge in [0.05, 0.1) is 33.3 Å². The van der Waals surface area contributed by atoms with Crippen LogP contribution in [-0.4, -0.2) is 115 Å². The molecule has 0 aliphatic carbocycles. The second-order valence-corrected chi connectivity index (χ2v) is 27.3. The normalized spacial score (nSPS) is 12.8. The molecule has 77 heavy (non-hydrogen) atoms. The van der Waals surface area contributed by atoms with E-state index in [9.17, 15) is 35.2 Å². The Morgan fingerprint density at radius 1 is 0.688 bits per heavy atom. The molecule has 0 bridgehead atoms. The monoisotopic (exact) mass is 1220 g/mol. The number of carbonyl (C=O) groups is 2. The van der Waals surface area contributed by atoms with E-state index in [0.717, 1.165) is 48.1 Å². The number of rotatable bonds is 19. The number of halogens is 5. The van der Waals surface area contributed by atoms with Gasteiger partial charge in [0.25, 0.3) is 0 Å². The third kappa shape index (κ3) is 21.7. The highest BCUT2D eigenvalue weighted by molar-refractivity contribution is 9.09. The fraction of sp³-hybridized carbons (Fsp3) is 0.556. The zero-order chi connectivity index (χ0) is 59.1. The molecule has 23 heteroatoms. The largest absolute Gasteiger partial charge is 0.444 e. The Labute approximate surface area is 475 Å². The van der Waals surface area contributed by atoms with E-state index in [1.165, 1.54) is 52.0 Å². The molecule has 0 aliphatic heterocycles. The first kappa shape index (κ1) is 68.7. The number of nitrogens with one attached hydrogen (secondary N) is 3. The van der Waals surface area contributed by atoms with E-state index < -0.39 is 49.3 Å². The van der Waals surface area contributed by atoms with Crippen molar-refractivity contribution in [2.24, 2.45) is 0 Å². The number of aromatic amines is 1. The maximum atomic E-state index is 14.9. The van der Waals surface area contributed by atoms with Gasteiger partial charge < -0.3 is 20.1 Å². The Balaban J connectivity index is 0.000000444. The van der Waals surface area contributed by atoms with E-state index in [1.807, 2.05) is 33.8 Å². The molecule has 2 aromatic carbocycles. The summed E-state index contributed by atoms with van der Waals surface area (Å²) in [7, 11) is -1.31. The maximum absolute atomic E-state index is 14.9. The van der Waals surface area contributed by atoms with Gasteiger partial charge in [-0.1, -0.05) is 107 Å². The summed E-state index contributed by atoms with van der Waals surface area (Å²) in [6.07, 6.45) is 2.55. The van der Waals surface area contributed by atoms with Crippen LogP contribution in [0.5, 0.6) is 0 Å². The minimum Gasteiger partial charge on any atom is -0.444 e. The molecule has 4 aromatic rings. The number of allylic oxidation sites excluding steroid dienone is 2. The number of alkyl halides is 1. The van der Waals surface area contributed by atoms with Crippen molar-refractivity contribution in [3.05, 3.63) is 115 Å². The van der Waals surface area contributed by atoms with Crippen LogP contribution < -0.4 is 10.6 Å². The minimum atomic E-state index is -3.67. The lowest BCUT2D eigenvalue weighted by Gasteiger charge is -2.19. The zero-order valence-corrected chi connectivity index (χ0v) is 52.6. The van der Waals surface area contributed by atoms with Crippen molar-refractivity contribution in [1.82, 2.24) is 39.2 Å². The first-order valence-corrected chi connectivity index (χ1v) is 29.9. The van der Waals surface area contributed by atoms with Gasteiger partial charge in [0.2, 0.25) is 20.0 Å². The van der Waals surface area contributed by atoms with E-state index in [4.69, 9.17) is 37.8 Å². The predicted octanol–water partition coefficient (Wildman–Crippen LogP) is 12.9. The summed E-state index contributed by atoms with van der Waals surface area (Å²) in [4.78, 5) is 23.0. The topological polar surface area (TPSA) is 198 Å². The fourth-order valence-corrected chi connectivity index (χ4v) is 10.5.